The van der Waals surface area contributed by atoms with Crippen molar-refractivity contribution in [2.24, 2.45) is 0 Å². The van der Waals surface area contributed by atoms with Crippen molar-refractivity contribution >= 4 is 29.5 Å². The first-order valence-electron chi connectivity index (χ1n) is 13.3. The Morgan fingerprint density at radius 3 is 2.68 bits per heavy atom. The van der Waals surface area contributed by atoms with Crippen LogP contribution in [0.15, 0.2) is 67.0 Å². The van der Waals surface area contributed by atoms with Crippen LogP contribution in [-0.4, -0.2) is 23.8 Å². The summed E-state index contributed by atoms with van der Waals surface area (Å²) < 4.78 is 18.4. The monoisotopic (exact) mass is 586 g/mol. The van der Waals surface area contributed by atoms with Gasteiger partial charge in [0.2, 0.25) is 0 Å². The molecule has 1 atom stereocenters. The maximum Gasteiger partial charge on any atom is 0.153 e. The summed E-state index contributed by atoms with van der Waals surface area (Å²) in [6, 6.07) is 19.4. The number of halogens is 2. The maximum absolute atomic E-state index is 11.8. The van der Waals surface area contributed by atoms with Crippen molar-refractivity contribution < 1.29 is 19.0 Å². The molecule has 3 aromatic carbocycles. The van der Waals surface area contributed by atoms with Gasteiger partial charge in [-0.05, 0) is 72.2 Å². The zero-order chi connectivity index (χ0) is 28.8. The lowest BCUT2D eigenvalue weighted by atomic mass is 9.93. The highest BCUT2D eigenvalue weighted by molar-refractivity contribution is 6.32. The molecule has 0 aliphatic heterocycles. The third-order valence-electron chi connectivity index (χ3n) is 7.10. The van der Waals surface area contributed by atoms with Gasteiger partial charge in [0.1, 0.15) is 36.0 Å². The zero-order valence-corrected chi connectivity index (χ0v) is 24.0. The number of benzene rings is 3. The number of nitrogens with zero attached hydrogens (tertiary/aromatic N) is 2. The number of pyridine rings is 1. The van der Waals surface area contributed by atoms with Crippen molar-refractivity contribution in [2.45, 2.75) is 38.9 Å². The first-order valence-corrected chi connectivity index (χ1v) is 14.3. The molecule has 208 valence electrons. The first-order chi connectivity index (χ1) is 20.0. The van der Waals surface area contributed by atoms with Gasteiger partial charge in [-0.3, -0.25) is 9.78 Å². The number of alkyl halides is 1. The molecule has 5 rings (SSSR count). The van der Waals surface area contributed by atoms with E-state index in [0.29, 0.717) is 52.0 Å². The number of rotatable bonds is 11. The summed E-state index contributed by atoms with van der Waals surface area (Å²) in [4.78, 5) is 15.8. The molecule has 0 amide bonds. The van der Waals surface area contributed by atoms with Gasteiger partial charge in [0.05, 0.1) is 22.8 Å². The van der Waals surface area contributed by atoms with E-state index in [9.17, 15) is 4.79 Å². The molecule has 1 unspecified atom stereocenters. The lowest BCUT2D eigenvalue weighted by molar-refractivity contribution is 0.111. The van der Waals surface area contributed by atoms with Crippen LogP contribution in [0.2, 0.25) is 5.02 Å². The summed E-state index contributed by atoms with van der Waals surface area (Å²) in [6.45, 7) is 2.79. The smallest absolute Gasteiger partial charge is 0.153 e. The molecule has 6 nitrogen and oxygen atoms in total. The molecule has 1 aliphatic carbocycles. The summed E-state index contributed by atoms with van der Waals surface area (Å²) in [6.07, 6.45) is 6.01. The van der Waals surface area contributed by atoms with E-state index in [1.54, 1.807) is 24.4 Å². The second kappa shape index (κ2) is 13.1. The van der Waals surface area contributed by atoms with E-state index in [1.807, 2.05) is 18.2 Å². The highest BCUT2D eigenvalue weighted by Crippen LogP contribution is 2.44. The lowest BCUT2D eigenvalue weighted by Gasteiger charge is -2.19. The Morgan fingerprint density at radius 1 is 1.05 bits per heavy atom. The minimum atomic E-state index is -0.211. The second-order valence-corrected chi connectivity index (χ2v) is 10.5. The minimum absolute atomic E-state index is 0.133. The van der Waals surface area contributed by atoms with Gasteiger partial charge in [-0.25, -0.2) is 0 Å². The predicted octanol–water partition coefficient (Wildman–Crippen LogP) is 8.05. The van der Waals surface area contributed by atoms with Crippen LogP contribution in [-0.2, 0) is 13.0 Å². The van der Waals surface area contributed by atoms with Crippen LogP contribution in [0.5, 0.6) is 17.2 Å². The maximum atomic E-state index is 11.8. The van der Waals surface area contributed by atoms with Crippen LogP contribution in [0.25, 0.3) is 11.1 Å². The Morgan fingerprint density at radius 2 is 1.88 bits per heavy atom. The average Bonchev–Trinajstić information content (AvgIpc) is 3.41. The number of fused-ring (bicyclic) bond motifs is 1. The number of hydrogen-bond donors (Lipinski definition) is 0. The van der Waals surface area contributed by atoms with Gasteiger partial charge < -0.3 is 14.2 Å². The Balaban J connectivity index is 1.39. The number of nitriles is 1. The van der Waals surface area contributed by atoms with E-state index in [1.165, 1.54) is 11.8 Å². The molecule has 8 heteroatoms. The number of carbonyl (C=O) groups excluding carboxylic acids is 1. The molecule has 0 bridgehead atoms. The Kier molecular flexibility index (Phi) is 9.08. The summed E-state index contributed by atoms with van der Waals surface area (Å²) in [5.74, 6) is 2.21. The zero-order valence-electron chi connectivity index (χ0n) is 22.5. The Bertz CT molecular complexity index is 1620. The van der Waals surface area contributed by atoms with Gasteiger partial charge in [0, 0.05) is 29.9 Å². The van der Waals surface area contributed by atoms with Crippen LogP contribution in [0.1, 0.15) is 57.1 Å². The van der Waals surface area contributed by atoms with E-state index >= 15 is 0 Å². The molecule has 1 aromatic heterocycles. The quantitative estimate of drug-likeness (QED) is 0.100. The molecule has 41 heavy (non-hydrogen) atoms. The van der Waals surface area contributed by atoms with Crippen molar-refractivity contribution in [3.8, 4) is 34.4 Å². The van der Waals surface area contributed by atoms with Gasteiger partial charge in [-0.1, -0.05) is 41.9 Å². The van der Waals surface area contributed by atoms with E-state index in [0.717, 1.165) is 47.3 Å². The standard InChI is InChI=1S/C33H28Cl2N2O4/c1-21-25(5-3-8-30(21)39-12-4-11-34)26-6-2-7-28-27(26)9-10-31(28)41-33-15-32(24(19-38)14-29(33)35)40-20-23-13-22(16-36)17-37-18-23/h2-3,5-8,13-15,17-19,31H,4,9-12,20H2,1H3. The van der Waals surface area contributed by atoms with Crippen molar-refractivity contribution in [1.29, 1.82) is 5.26 Å². The normalized spacial score (nSPS) is 13.8. The summed E-state index contributed by atoms with van der Waals surface area (Å²) >= 11 is 12.4. The average molecular weight is 588 g/mol. The van der Waals surface area contributed by atoms with Crippen LogP contribution < -0.4 is 14.2 Å². The van der Waals surface area contributed by atoms with Crippen molar-refractivity contribution in [3.05, 3.63) is 105 Å². The fraction of sp³-hybridized carbons (Fsp3) is 0.242. The van der Waals surface area contributed by atoms with Crippen LogP contribution >= 0.6 is 23.2 Å². The van der Waals surface area contributed by atoms with Crippen LogP contribution in [0.3, 0.4) is 0 Å². The number of ether oxygens (including phenoxy) is 3. The van der Waals surface area contributed by atoms with Gasteiger partial charge in [-0.15, -0.1) is 11.6 Å². The van der Waals surface area contributed by atoms with Crippen LogP contribution in [0.4, 0.5) is 0 Å². The van der Waals surface area contributed by atoms with E-state index in [2.05, 4.69) is 36.2 Å². The third-order valence-corrected chi connectivity index (χ3v) is 7.67. The molecule has 0 radical (unpaired) electrons. The van der Waals surface area contributed by atoms with Gasteiger partial charge in [0.25, 0.3) is 0 Å². The number of aromatic nitrogens is 1. The van der Waals surface area contributed by atoms with E-state index < -0.39 is 0 Å². The number of hydrogen-bond acceptors (Lipinski definition) is 6. The fourth-order valence-corrected chi connectivity index (χ4v) is 5.42. The second-order valence-electron chi connectivity index (χ2n) is 9.76. The summed E-state index contributed by atoms with van der Waals surface area (Å²) in [5.41, 5.74) is 7.17. The molecule has 4 aromatic rings. The van der Waals surface area contributed by atoms with E-state index in [4.69, 9.17) is 42.7 Å². The Hall–Kier alpha value is -4.05. The topological polar surface area (TPSA) is 81.4 Å². The minimum Gasteiger partial charge on any atom is -0.493 e. The summed E-state index contributed by atoms with van der Waals surface area (Å²) in [5, 5.41) is 9.46. The molecule has 0 fully saturated rings. The highest BCUT2D eigenvalue weighted by Gasteiger charge is 2.28. The van der Waals surface area contributed by atoms with Gasteiger partial charge in [0.15, 0.2) is 6.29 Å². The van der Waals surface area contributed by atoms with Crippen molar-refractivity contribution in [1.82, 2.24) is 4.98 Å². The molecular formula is C33H28Cl2N2O4. The van der Waals surface area contributed by atoms with Crippen LogP contribution in [0, 0.1) is 18.3 Å². The SMILES string of the molecule is Cc1c(OCCCCl)cccc1-c1cccc2c1CCC2Oc1cc(OCc2cncc(C#N)c2)c(C=O)cc1Cl. The Labute approximate surface area is 249 Å². The van der Waals surface area contributed by atoms with Crippen molar-refractivity contribution in [2.75, 3.05) is 12.5 Å². The highest BCUT2D eigenvalue weighted by atomic mass is 35.5. The molecule has 1 aliphatic rings. The number of aldehydes is 1. The largest absolute Gasteiger partial charge is 0.493 e. The van der Waals surface area contributed by atoms with Gasteiger partial charge in [-0.2, -0.15) is 5.26 Å². The van der Waals surface area contributed by atoms with Crippen molar-refractivity contribution in [3.63, 3.8) is 0 Å². The molecule has 0 spiro atoms. The molecule has 0 saturated heterocycles. The van der Waals surface area contributed by atoms with E-state index in [-0.39, 0.29) is 12.7 Å². The third kappa shape index (κ3) is 6.32. The fourth-order valence-electron chi connectivity index (χ4n) is 5.09. The summed E-state index contributed by atoms with van der Waals surface area (Å²) in [7, 11) is 0. The predicted molar refractivity (Wildman–Crippen MR) is 159 cm³/mol. The molecule has 1 heterocycles. The molecule has 0 N–H and O–H groups in total. The molecule has 0 saturated carbocycles. The number of carbonyl (C=O) groups is 1. The van der Waals surface area contributed by atoms with Gasteiger partial charge >= 0.3 is 0 Å². The molecular weight excluding hydrogens is 559 g/mol. The lowest BCUT2D eigenvalue weighted by Crippen LogP contribution is -2.06. The first kappa shape index (κ1) is 28.5.